The number of hydrogen-bond acceptors (Lipinski definition) is 5. The molecule has 0 aliphatic heterocycles. The SMILES string of the molecule is Cc1ccccc1-n1c(SC[C@H](O)COc2ccccc2)nc2ccccc2c1=O. The van der Waals surface area contributed by atoms with Crippen molar-refractivity contribution >= 4 is 22.7 Å². The molecule has 1 N–H and O–H groups in total. The maximum Gasteiger partial charge on any atom is 0.266 e. The Bertz CT molecular complexity index is 1210. The summed E-state index contributed by atoms with van der Waals surface area (Å²) < 4.78 is 7.26. The van der Waals surface area contributed by atoms with Gasteiger partial charge in [0.05, 0.1) is 22.7 Å². The zero-order chi connectivity index (χ0) is 20.9. The predicted octanol–water partition coefficient (Wildman–Crippen LogP) is 4.23. The van der Waals surface area contributed by atoms with E-state index < -0.39 is 6.10 Å². The fourth-order valence-electron chi connectivity index (χ4n) is 3.16. The number of aryl methyl sites for hydroxylation is 1. The maximum absolute atomic E-state index is 13.3. The van der Waals surface area contributed by atoms with Gasteiger partial charge in [-0.15, -0.1) is 0 Å². The molecular formula is C24H22N2O3S. The molecule has 3 aromatic carbocycles. The third-order valence-corrected chi connectivity index (χ3v) is 5.78. The van der Waals surface area contributed by atoms with Gasteiger partial charge in [-0.1, -0.05) is 60.3 Å². The quantitative estimate of drug-likeness (QED) is 0.360. The molecular weight excluding hydrogens is 396 g/mol. The van der Waals surface area contributed by atoms with Crippen LogP contribution >= 0.6 is 11.8 Å². The maximum atomic E-state index is 13.3. The molecule has 0 amide bonds. The van der Waals surface area contributed by atoms with Gasteiger partial charge in [0.15, 0.2) is 5.16 Å². The molecule has 0 saturated heterocycles. The summed E-state index contributed by atoms with van der Waals surface area (Å²) >= 11 is 1.34. The molecule has 152 valence electrons. The molecule has 0 fully saturated rings. The van der Waals surface area contributed by atoms with Crippen molar-refractivity contribution in [3.05, 3.63) is 94.8 Å². The van der Waals surface area contributed by atoms with E-state index in [1.807, 2.05) is 79.7 Å². The Morgan fingerprint density at radius 2 is 1.70 bits per heavy atom. The van der Waals surface area contributed by atoms with Crippen LogP contribution in [0.1, 0.15) is 5.56 Å². The van der Waals surface area contributed by atoms with Gasteiger partial charge in [0.1, 0.15) is 12.4 Å². The molecule has 1 aromatic heterocycles. The highest BCUT2D eigenvalue weighted by molar-refractivity contribution is 7.99. The van der Waals surface area contributed by atoms with E-state index in [0.717, 1.165) is 11.3 Å². The van der Waals surface area contributed by atoms with Gasteiger partial charge in [0.25, 0.3) is 5.56 Å². The van der Waals surface area contributed by atoms with Crippen LogP contribution in [0.15, 0.2) is 88.8 Å². The topological polar surface area (TPSA) is 64.3 Å². The summed E-state index contributed by atoms with van der Waals surface area (Å²) in [7, 11) is 0. The summed E-state index contributed by atoms with van der Waals surface area (Å²) in [5.74, 6) is 1.06. The first-order valence-corrected chi connectivity index (χ1v) is 10.7. The molecule has 5 nitrogen and oxygen atoms in total. The zero-order valence-electron chi connectivity index (χ0n) is 16.6. The van der Waals surface area contributed by atoms with Crippen molar-refractivity contribution in [1.82, 2.24) is 9.55 Å². The lowest BCUT2D eigenvalue weighted by Crippen LogP contribution is -2.24. The van der Waals surface area contributed by atoms with Crippen molar-refractivity contribution in [3.63, 3.8) is 0 Å². The zero-order valence-corrected chi connectivity index (χ0v) is 17.4. The molecule has 0 spiro atoms. The largest absolute Gasteiger partial charge is 0.491 e. The summed E-state index contributed by atoms with van der Waals surface area (Å²) in [6.07, 6.45) is -0.705. The van der Waals surface area contributed by atoms with Gasteiger partial charge in [-0.05, 0) is 42.8 Å². The summed E-state index contributed by atoms with van der Waals surface area (Å²) in [5, 5.41) is 11.5. The number of fused-ring (bicyclic) bond motifs is 1. The van der Waals surface area contributed by atoms with Crippen LogP contribution in [0.4, 0.5) is 0 Å². The number of nitrogens with zero attached hydrogens (tertiary/aromatic N) is 2. The third kappa shape index (κ3) is 4.40. The lowest BCUT2D eigenvalue weighted by atomic mass is 10.2. The summed E-state index contributed by atoms with van der Waals surface area (Å²) in [5.41, 5.74) is 2.29. The van der Waals surface area contributed by atoms with Crippen LogP contribution in [-0.2, 0) is 0 Å². The van der Waals surface area contributed by atoms with Crippen LogP contribution < -0.4 is 10.3 Å². The monoisotopic (exact) mass is 418 g/mol. The van der Waals surface area contributed by atoms with Gasteiger partial charge in [-0.25, -0.2) is 4.98 Å². The Morgan fingerprint density at radius 1 is 1.00 bits per heavy atom. The van der Waals surface area contributed by atoms with Gasteiger partial charge < -0.3 is 9.84 Å². The van der Waals surface area contributed by atoms with Crippen LogP contribution in [0.3, 0.4) is 0 Å². The van der Waals surface area contributed by atoms with Gasteiger partial charge in [0.2, 0.25) is 0 Å². The molecule has 4 rings (SSSR count). The molecule has 4 aromatic rings. The van der Waals surface area contributed by atoms with E-state index in [1.165, 1.54) is 11.8 Å². The number of para-hydroxylation sites is 3. The van der Waals surface area contributed by atoms with Crippen molar-refractivity contribution in [3.8, 4) is 11.4 Å². The minimum absolute atomic E-state index is 0.118. The molecule has 0 saturated carbocycles. The fourth-order valence-corrected chi connectivity index (χ4v) is 4.07. The second kappa shape index (κ2) is 9.15. The standard InChI is InChI=1S/C24H22N2O3S/c1-17-9-5-8-14-22(17)26-23(28)20-12-6-7-13-21(20)25-24(26)30-16-18(27)15-29-19-10-3-2-4-11-19/h2-14,18,27H,15-16H2,1H3/t18-/m1/s1. The first-order valence-electron chi connectivity index (χ1n) is 9.70. The highest BCUT2D eigenvalue weighted by atomic mass is 32.2. The molecule has 0 bridgehead atoms. The molecule has 1 atom stereocenters. The highest BCUT2D eigenvalue weighted by Gasteiger charge is 2.16. The normalized spacial score (nSPS) is 12.1. The number of benzene rings is 3. The molecule has 1 heterocycles. The van der Waals surface area contributed by atoms with Gasteiger partial charge in [-0.3, -0.25) is 9.36 Å². The van der Waals surface area contributed by atoms with Gasteiger partial charge in [0, 0.05) is 5.75 Å². The van der Waals surface area contributed by atoms with Crippen molar-refractivity contribution in [1.29, 1.82) is 0 Å². The lowest BCUT2D eigenvalue weighted by Gasteiger charge is -2.16. The van der Waals surface area contributed by atoms with E-state index in [2.05, 4.69) is 0 Å². The summed E-state index contributed by atoms with van der Waals surface area (Å²) in [6, 6.07) is 24.4. The van der Waals surface area contributed by atoms with E-state index in [-0.39, 0.29) is 12.2 Å². The van der Waals surface area contributed by atoms with E-state index in [1.54, 1.807) is 10.6 Å². The van der Waals surface area contributed by atoms with Crippen LogP contribution in [0.25, 0.3) is 16.6 Å². The Morgan fingerprint density at radius 3 is 2.50 bits per heavy atom. The fraction of sp³-hybridized carbons (Fsp3) is 0.167. The van der Waals surface area contributed by atoms with E-state index in [4.69, 9.17) is 9.72 Å². The first-order chi connectivity index (χ1) is 14.6. The second-order valence-corrected chi connectivity index (χ2v) is 7.91. The number of ether oxygens (including phenoxy) is 1. The number of aliphatic hydroxyl groups excluding tert-OH is 1. The predicted molar refractivity (Wildman–Crippen MR) is 121 cm³/mol. The molecule has 0 unspecified atom stereocenters. The summed E-state index contributed by atoms with van der Waals surface area (Å²) in [6.45, 7) is 2.13. The van der Waals surface area contributed by atoms with Gasteiger partial charge in [-0.2, -0.15) is 0 Å². The Balaban J connectivity index is 1.62. The Kier molecular flexibility index (Phi) is 6.16. The smallest absolute Gasteiger partial charge is 0.266 e. The minimum atomic E-state index is -0.705. The van der Waals surface area contributed by atoms with Crippen molar-refractivity contribution in [2.45, 2.75) is 18.2 Å². The summed E-state index contributed by atoms with van der Waals surface area (Å²) in [4.78, 5) is 18.0. The molecule has 0 aliphatic rings. The first kappa shape index (κ1) is 20.2. The number of aromatic nitrogens is 2. The Labute approximate surface area is 179 Å². The average molecular weight is 419 g/mol. The van der Waals surface area contributed by atoms with Crippen molar-refractivity contribution < 1.29 is 9.84 Å². The number of aliphatic hydroxyl groups is 1. The minimum Gasteiger partial charge on any atom is -0.491 e. The molecule has 0 radical (unpaired) electrons. The second-order valence-electron chi connectivity index (χ2n) is 6.93. The highest BCUT2D eigenvalue weighted by Crippen LogP contribution is 2.24. The molecule has 30 heavy (non-hydrogen) atoms. The number of thioether (sulfide) groups is 1. The molecule has 0 aliphatic carbocycles. The van der Waals surface area contributed by atoms with Crippen molar-refractivity contribution in [2.75, 3.05) is 12.4 Å². The van der Waals surface area contributed by atoms with E-state index >= 15 is 0 Å². The van der Waals surface area contributed by atoms with E-state index in [9.17, 15) is 9.90 Å². The van der Waals surface area contributed by atoms with Crippen molar-refractivity contribution in [2.24, 2.45) is 0 Å². The lowest BCUT2D eigenvalue weighted by molar-refractivity contribution is 0.126. The van der Waals surface area contributed by atoms with Crippen LogP contribution in [0, 0.1) is 6.92 Å². The number of hydrogen-bond donors (Lipinski definition) is 1. The van der Waals surface area contributed by atoms with Crippen LogP contribution in [-0.4, -0.2) is 33.1 Å². The average Bonchev–Trinajstić information content (AvgIpc) is 2.78. The van der Waals surface area contributed by atoms with E-state index in [0.29, 0.717) is 27.6 Å². The Hall–Kier alpha value is -3.09. The molecule has 6 heteroatoms. The van der Waals surface area contributed by atoms with Crippen LogP contribution in [0.2, 0.25) is 0 Å². The third-order valence-electron chi connectivity index (χ3n) is 4.69. The van der Waals surface area contributed by atoms with Gasteiger partial charge >= 0.3 is 0 Å². The van der Waals surface area contributed by atoms with Crippen LogP contribution in [0.5, 0.6) is 5.75 Å². The number of rotatable bonds is 7.